The van der Waals surface area contributed by atoms with Gasteiger partial charge in [-0.05, 0) is 20.5 Å². The van der Waals surface area contributed by atoms with Crippen LogP contribution < -0.4 is 5.32 Å². The molecule has 0 spiro atoms. The molecular formula is C9H20N2O2. The fourth-order valence-electron chi connectivity index (χ4n) is 0.902. The molecule has 0 fully saturated rings. The summed E-state index contributed by atoms with van der Waals surface area (Å²) in [6.07, 6.45) is 1.26. The van der Waals surface area contributed by atoms with Crippen molar-refractivity contribution >= 4 is 5.91 Å². The molecule has 13 heavy (non-hydrogen) atoms. The molecule has 4 nitrogen and oxygen atoms in total. The Labute approximate surface area is 79.9 Å². The van der Waals surface area contributed by atoms with Crippen molar-refractivity contribution in [2.75, 3.05) is 27.2 Å². The average molecular weight is 188 g/mol. The van der Waals surface area contributed by atoms with Crippen molar-refractivity contribution in [2.24, 2.45) is 0 Å². The fourth-order valence-corrected chi connectivity index (χ4v) is 0.902. The molecule has 0 aromatic carbocycles. The molecule has 0 aliphatic carbocycles. The number of aliphatic hydroxyl groups excluding tert-OH is 1. The minimum Gasteiger partial charge on any atom is -0.394 e. The molecule has 78 valence electrons. The Morgan fingerprint density at radius 3 is 2.54 bits per heavy atom. The predicted molar refractivity (Wildman–Crippen MR) is 52.5 cm³/mol. The molecule has 0 aliphatic rings. The van der Waals surface area contributed by atoms with E-state index in [1.165, 1.54) is 0 Å². The fraction of sp³-hybridized carbons (Fsp3) is 0.889. The number of carbonyl (C=O) groups excluding carboxylic acids is 1. The Morgan fingerprint density at radius 1 is 1.54 bits per heavy atom. The Bertz CT molecular complexity index is 145. The molecule has 0 aliphatic heterocycles. The van der Waals surface area contributed by atoms with Gasteiger partial charge in [-0.3, -0.25) is 4.79 Å². The van der Waals surface area contributed by atoms with Crippen molar-refractivity contribution in [3.63, 3.8) is 0 Å². The molecule has 1 atom stereocenters. The van der Waals surface area contributed by atoms with Gasteiger partial charge in [0.2, 0.25) is 5.91 Å². The van der Waals surface area contributed by atoms with Gasteiger partial charge in [-0.2, -0.15) is 0 Å². The highest BCUT2D eigenvalue weighted by Gasteiger charge is 2.08. The molecule has 4 heteroatoms. The van der Waals surface area contributed by atoms with E-state index in [4.69, 9.17) is 5.11 Å². The van der Waals surface area contributed by atoms with Crippen LogP contribution in [0.1, 0.15) is 19.8 Å². The molecule has 0 unspecified atom stereocenters. The van der Waals surface area contributed by atoms with Gasteiger partial charge in [0.15, 0.2) is 0 Å². The summed E-state index contributed by atoms with van der Waals surface area (Å²) < 4.78 is 0. The highest BCUT2D eigenvalue weighted by Crippen LogP contribution is 1.91. The first-order valence-corrected chi connectivity index (χ1v) is 4.65. The summed E-state index contributed by atoms with van der Waals surface area (Å²) in [6, 6.07) is -0.0883. The minimum absolute atomic E-state index is 0.00889. The maximum absolute atomic E-state index is 11.2. The number of carbonyl (C=O) groups is 1. The third-order valence-electron chi connectivity index (χ3n) is 1.86. The summed E-state index contributed by atoms with van der Waals surface area (Å²) in [5.74, 6) is 0.00889. The van der Waals surface area contributed by atoms with Crippen LogP contribution in [0.25, 0.3) is 0 Å². The van der Waals surface area contributed by atoms with Gasteiger partial charge in [-0.25, -0.2) is 0 Å². The van der Waals surface area contributed by atoms with Gasteiger partial charge in [0.1, 0.15) is 0 Å². The second-order valence-electron chi connectivity index (χ2n) is 3.41. The first-order chi connectivity index (χ1) is 6.10. The van der Waals surface area contributed by atoms with Crippen LogP contribution in [-0.2, 0) is 4.79 Å². The third-order valence-corrected chi connectivity index (χ3v) is 1.86. The van der Waals surface area contributed by atoms with Gasteiger partial charge >= 0.3 is 0 Å². The molecule has 0 aromatic heterocycles. The number of amides is 1. The van der Waals surface area contributed by atoms with E-state index in [1.54, 1.807) is 0 Å². The summed E-state index contributed by atoms with van der Waals surface area (Å²) in [5.41, 5.74) is 0. The van der Waals surface area contributed by atoms with Crippen molar-refractivity contribution in [3.8, 4) is 0 Å². The molecule has 0 aromatic rings. The molecule has 0 radical (unpaired) electrons. The summed E-state index contributed by atoms with van der Waals surface area (Å²) in [6.45, 7) is 2.70. The third kappa shape index (κ3) is 6.54. The van der Waals surface area contributed by atoms with Crippen molar-refractivity contribution in [1.29, 1.82) is 0 Å². The first kappa shape index (κ1) is 12.4. The molecule has 0 saturated heterocycles. The van der Waals surface area contributed by atoms with Crippen molar-refractivity contribution in [3.05, 3.63) is 0 Å². The van der Waals surface area contributed by atoms with Crippen molar-refractivity contribution in [2.45, 2.75) is 25.8 Å². The van der Waals surface area contributed by atoms with Gasteiger partial charge in [0.05, 0.1) is 12.6 Å². The molecular weight excluding hydrogens is 168 g/mol. The summed E-state index contributed by atoms with van der Waals surface area (Å²) in [7, 11) is 3.85. The number of rotatable bonds is 6. The number of aliphatic hydroxyl groups is 1. The van der Waals surface area contributed by atoms with Crippen LogP contribution >= 0.6 is 0 Å². The van der Waals surface area contributed by atoms with E-state index in [9.17, 15) is 4.79 Å². The molecule has 2 N–H and O–H groups in total. The Morgan fingerprint density at radius 2 is 2.15 bits per heavy atom. The van der Waals surface area contributed by atoms with Crippen LogP contribution in [0.15, 0.2) is 0 Å². The predicted octanol–water partition coefficient (Wildman–Crippen LogP) is -0.175. The maximum atomic E-state index is 11.2. The second kappa shape index (κ2) is 6.86. The van der Waals surface area contributed by atoms with E-state index in [-0.39, 0.29) is 18.6 Å². The molecule has 0 bridgehead atoms. The zero-order valence-corrected chi connectivity index (χ0v) is 8.71. The molecule has 0 rings (SSSR count). The van der Waals surface area contributed by atoms with Crippen LogP contribution in [0.2, 0.25) is 0 Å². The minimum atomic E-state index is -0.0883. The van der Waals surface area contributed by atoms with E-state index in [0.29, 0.717) is 6.42 Å². The SMILES string of the molecule is CC[C@H](CO)NC(=O)CCN(C)C. The number of hydrogen-bond acceptors (Lipinski definition) is 3. The van der Waals surface area contributed by atoms with E-state index in [2.05, 4.69) is 5.32 Å². The molecule has 1 amide bonds. The van der Waals surface area contributed by atoms with E-state index >= 15 is 0 Å². The van der Waals surface area contributed by atoms with Crippen LogP contribution in [0.4, 0.5) is 0 Å². The lowest BCUT2D eigenvalue weighted by Gasteiger charge is -2.15. The lowest BCUT2D eigenvalue weighted by Crippen LogP contribution is -2.38. The lowest BCUT2D eigenvalue weighted by molar-refractivity contribution is -0.122. The Hall–Kier alpha value is -0.610. The monoisotopic (exact) mass is 188 g/mol. The quantitative estimate of drug-likeness (QED) is 0.608. The van der Waals surface area contributed by atoms with E-state index < -0.39 is 0 Å². The van der Waals surface area contributed by atoms with Crippen LogP contribution in [0.3, 0.4) is 0 Å². The first-order valence-electron chi connectivity index (χ1n) is 4.65. The van der Waals surface area contributed by atoms with Crippen LogP contribution in [0.5, 0.6) is 0 Å². The number of nitrogens with one attached hydrogen (secondary N) is 1. The topological polar surface area (TPSA) is 52.6 Å². The zero-order chi connectivity index (χ0) is 10.3. The van der Waals surface area contributed by atoms with Gasteiger partial charge < -0.3 is 15.3 Å². The van der Waals surface area contributed by atoms with E-state index in [1.807, 2.05) is 25.9 Å². The number of nitrogens with zero attached hydrogens (tertiary/aromatic N) is 1. The summed E-state index contributed by atoms with van der Waals surface area (Å²) in [5, 5.41) is 11.6. The second-order valence-corrected chi connectivity index (χ2v) is 3.41. The average Bonchev–Trinajstić information content (AvgIpc) is 2.10. The smallest absolute Gasteiger partial charge is 0.221 e. The maximum Gasteiger partial charge on any atom is 0.221 e. The van der Waals surface area contributed by atoms with Gasteiger partial charge in [0, 0.05) is 13.0 Å². The van der Waals surface area contributed by atoms with Gasteiger partial charge in [0.25, 0.3) is 0 Å². The lowest BCUT2D eigenvalue weighted by atomic mass is 10.2. The van der Waals surface area contributed by atoms with Gasteiger partial charge in [-0.15, -0.1) is 0 Å². The summed E-state index contributed by atoms with van der Waals surface area (Å²) in [4.78, 5) is 13.2. The molecule has 0 saturated carbocycles. The standard InChI is InChI=1S/C9H20N2O2/c1-4-8(7-12)10-9(13)5-6-11(2)3/h8,12H,4-7H2,1-3H3,(H,10,13)/t8-/m1/s1. The Balaban J connectivity index is 3.60. The van der Waals surface area contributed by atoms with Gasteiger partial charge in [-0.1, -0.05) is 6.92 Å². The number of hydrogen-bond donors (Lipinski definition) is 2. The largest absolute Gasteiger partial charge is 0.394 e. The normalized spacial score (nSPS) is 13.0. The highest BCUT2D eigenvalue weighted by atomic mass is 16.3. The molecule has 0 heterocycles. The van der Waals surface area contributed by atoms with Crippen LogP contribution in [-0.4, -0.2) is 49.2 Å². The summed E-state index contributed by atoms with van der Waals surface area (Å²) >= 11 is 0. The van der Waals surface area contributed by atoms with Crippen molar-refractivity contribution < 1.29 is 9.90 Å². The zero-order valence-electron chi connectivity index (χ0n) is 8.71. The van der Waals surface area contributed by atoms with Crippen molar-refractivity contribution in [1.82, 2.24) is 10.2 Å². The van der Waals surface area contributed by atoms with Crippen LogP contribution in [0, 0.1) is 0 Å². The van der Waals surface area contributed by atoms with E-state index in [0.717, 1.165) is 13.0 Å². The Kier molecular flexibility index (Phi) is 6.54. The highest BCUT2D eigenvalue weighted by molar-refractivity contribution is 5.76.